The van der Waals surface area contributed by atoms with Crippen molar-refractivity contribution in [2.24, 2.45) is 0 Å². The molecule has 2 amide bonds. The van der Waals surface area contributed by atoms with Gasteiger partial charge in [0, 0.05) is 23.6 Å². The van der Waals surface area contributed by atoms with Crippen LogP contribution in [0.25, 0.3) is 11.8 Å². The van der Waals surface area contributed by atoms with E-state index in [2.05, 4.69) is 5.32 Å². The van der Waals surface area contributed by atoms with Crippen LogP contribution in [0.2, 0.25) is 0 Å². The zero-order chi connectivity index (χ0) is 24.4. The summed E-state index contributed by atoms with van der Waals surface area (Å²) in [5.74, 6) is -1.41. The first-order valence-electron chi connectivity index (χ1n) is 9.98. The molecule has 1 aliphatic rings. The highest BCUT2D eigenvalue weighted by atomic mass is 32.1. The van der Waals surface area contributed by atoms with Crippen LogP contribution in [0.5, 0.6) is 11.5 Å². The van der Waals surface area contributed by atoms with Crippen LogP contribution >= 0.6 is 12.2 Å². The lowest BCUT2D eigenvalue weighted by atomic mass is 10.1. The highest BCUT2D eigenvalue weighted by Crippen LogP contribution is 2.34. The van der Waals surface area contributed by atoms with Crippen molar-refractivity contribution in [2.45, 2.75) is 0 Å². The van der Waals surface area contributed by atoms with Gasteiger partial charge in [0.2, 0.25) is 0 Å². The minimum absolute atomic E-state index is 0.0738. The summed E-state index contributed by atoms with van der Waals surface area (Å²) in [4.78, 5) is 38.4. The van der Waals surface area contributed by atoms with Gasteiger partial charge < -0.3 is 19.1 Å². The van der Waals surface area contributed by atoms with Crippen molar-refractivity contribution in [2.75, 3.05) is 19.1 Å². The van der Waals surface area contributed by atoms with E-state index >= 15 is 0 Å². The van der Waals surface area contributed by atoms with E-state index in [9.17, 15) is 14.4 Å². The molecule has 0 bridgehead atoms. The van der Waals surface area contributed by atoms with Crippen molar-refractivity contribution >= 4 is 46.9 Å². The molecule has 34 heavy (non-hydrogen) atoms. The maximum atomic E-state index is 13.4. The molecule has 0 radical (unpaired) electrons. The topological polar surface area (TPSA) is 110 Å². The van der Waals surface area contributed by atoms with E-state index in [4.69, 9.17) is 26.8 Å². The standard InChI is InChI=1S/C24H19N3O6S/c1-32-17-9-10-19(20(13-17)33-2)27-22(29)18(21(28)25-24(27)34)12-16-4-3-11-26(16)15-7-5-14(6-8-15)23(30)31/h3-13H,1-2H3,(H,30,31)(H,25,28,34)/b18-12-. The van der Waals surface area contributed by atoms with Gasteiger partial charge in [-0.05, 0) is 66.8 Å². The van der Waals surface area contributed by atoms with Gasteiger partial charge in [-0.25, -0.2) is 9.69 Å². The molecule has 10 heteroatoms. The molecular formula is C24H19N3O6S. The number of rotatable bonds is 6. The number of ether oxygens (including phenoxy) is 2. The van der Waals surface area contributed by atoms with Crippen molar-refractivity contribution in [1.82, 2.24) is 9.88 Å². The van der Waals surface area contributed by atoms with Crippen molar-refractivity contribution in [3.05, 3.63) is 77.6 Å². The Kier molecular flexibility index (Phi) is 6.15. The van der Waals surface area contributed by atoms with Crippen LogP contribution in [0.1, 0.15) is 16.1 Å². The molecule has 0 atom stereocenters. The summed E-state index contributed by atoms with van der Waals surface area (Å²) >= 11 is 5.27. The number of aromatic nitrogens is 1. The molecule has 0 saturated carbocycles. The molecule has 3 aromatic rings. The summed E-state index contributed by atoms with van der Waals surface area (Å²) in [6.07, 6.45) is 3.19. The number of hydrogen-bond donors (Lipinski definition) is 2. The number of nitrogens with zero attached hydrogens (tertiary/aromatic N) is 2. The van der Waals surface area contributed by atoms with Gasteiger partial charge in [-0.15, -0.1) is 0 Å². The zero-order valence-electron chi connectivity index (χ0n) is 18.1. The molecule has 0 unspecified atom stereocenters. The predicted octanol–water partition coefficient (Wildman–Crippen LogP) is 3.02. The lowest BCUT2D eigenvalue weighted by molar-refractivity contribution is -0.122. The molecule has 2 heterocycles. The smallest absolute Gasteiger partial charge is 0.335 e. The van der Waals surface area contributed by atoms with Crippen LogP contribution in [-0.4, -0.2) is 46.8 Å². The number of anilines is 1. The lowest BCUT2D eigenvalue weighted by Gasteiger charge is -2.30. The number of carbonyl (C=O) groups is 3. The number of amides is 2. The van der Waals surface area contributed by atoms with Crippen LogP contribution in [0, 0.1) is 0 Å². The fraction of sp³-hybridized carbons (Fsp3) is 0.0833. The van der Waals surface area contributed by atoms with Crippen LogP contribution in [-0.2, 0) is 9.59 Å². The minimum Gasteiger partial charge on any atom is -0.497 e. The summed E-state index contributed by atoms with van der Waals surface area (Å²) < 4.78 is 12.3. The molecule has 2 aromatic carbocycles. The first-order valence-corrected chi connectivity index (χ1v) is 10.4. The molecular weight excluding hydrogens is 458 g/mol. The van der Waals surface area contributed by atoms with Crippen LogP contribution in [0.4, 0.5) is 5.69 Å². The first-order chi connectivity index (χ1) is 16.3. The molecule has 9 nitrogen and oxygen atoms in total. The van der Waals surface area contributed by atoms with E-state index in [-0.39, 0.29) is 16.2 Å². The second-order valence-corrected chi connectivity index (χ2v) is 7.54. The van der Waals surface area contributed by atoms with Crippen LogP contribution < -0.4 is 19.7 Å². The molecule has 4 rings (SSSR count). The fourth-order valence-electron chi connectivity index (χ4n) is 3.51. The summed E-state index contributed by atoms with van der Waals surface area (Å²) in [5.41, 5.74) is 1.57. The Balaban J connectivity index is 1.73. The number of methoxy groups -OCH3 is 2. The molecule has 0 spiro atoms. The molecule has 1 aromatic heterocycles. The lowest BCUT2D eigenvalue weighted by Crippen LogP contribution is -2.54. The third-order valence-electron chi connectivity index (χ3n) is 5.19. The number of aromatic carboxylic acids is 1. The van der Waals surface area contributed by atoms with Gasteiger partial charge in [-0.1, -0.05) is 0 Å². The van der Waals surface area contributed by atoms with Gasteiger partial charge in [0.25, 0.3) is 11.8 Å². The van der Waals surface area contributed by atoms with E-state index in [1.807, 2.05) is 0 Å². The number of carbonyl (C=O) groups excluding carboxylic acids is 2. The summed E-state index contributed by atoms with van der Waals surface area (Å²) in [5, 5.41) is 11.6. The number of nitrogens with one attached hydrogen (secondary N) is 1. The molecule has 172 valence electrons. The zero-order valence-corrected chi connectivity index (χ0v) is 19.0. The third kappa shape index (κ3) is 4.14. The average Bonchev–Trinajstić information content (AvgIpc) is 3.30. The van der Waals surface area contributed by atoms with Crippen molar-refractivity contribution in [3.8, 4) is 17.2 Å². The average molecular weight is 477 g/mol. The SMILES string of the molecule is COc1ccc(N2C(=O)/C(=C\c3cccn3-c3ccc(C(=O)O)cc3)C(=O)NC2=S)c(OC)c1. The van der Waals surface area contributed by atoms with Gasteiger partial charge in [0.05, 0.1) is 25.5 Å². The number of thiocarbonyl (C=S) groups is 1. The first kappa shape index (κ1) is 22.7. The molecule has 1 aliphatic heterocycles. The van der Waals surface area contributed by atoms with Gasteiger partial charge in [-0.3, -0.25) is 14.9 Å². The van der Waals surface area contributed by atoms with Crippen LogP contribution in [0.15, 0.2) is 66.4 Å². The Labute approximate surface area is 199 Å². The Hall–Kier alpha value is -4.44. The number of hydrogen-bond acceptors (Lipinski definition) is 6. The largest absolute Gasteiger partial charge is 0.497 e. The van der Waals surface area contributed by atoms with Gasteiger partial charge in [-0.2, -0.15) is 0 Å². The second-order valence-electron chi connectivity index (χ2n) is 7.15. The number of benzene rings is 2. The van der Waals surface area contributed by atoms with E-state index in [1.165, 1.54) is 37.3 Å². The summed E-state index contributed by atoms with van der Waals surface area (Å²) in [6, 6.07) is 14.6. The summed E-state index contributed by atoms with van der Waals surface area (Å²) in [7, 11) is 2.96. The summed E-state index contributed by atoms with van der Waals surface area (Å²) in [6.45, 7) is 0. The van der Waals surface area contributed by atoms with Crippen molar-refractivity contribution in [3.63, 3.8) is 0 Å². The Morgan fingerprint density at radius 2 is 1.79 bits per heavy atom. The Bertz CT molecular complexity index is 1340. The molecule has 1 saturated heterocycles. The Morgan fingerprint density at radius 1 is 1.06 bits per heavy atom. The minimum atomic E-state index is -1.03. The Morgan fingerprint density at radius 3 is 2.44 bits per heavy atom. The van der Waals surface area contributed by atoms with Gasteiger partial charge >= 0.3 is 5.97 Å². The molecule has 2 N–H and O–H groups in total. The van der Waals surface area contributed by atoms with Crippen molar-refractivity contribution in [1.29, 1.82) is 0 Å². The highest BCUT2D eigenvalue weighted by molar-refractivity contribution is 7.80. The van der Waals surface area contributed by atoms with Gasteiger partial charge in [0.1, 0.15) is 17.1 Å². The predicted molar refractivity (Wildman–Crippen MR) is 128 cm³/mol. The van der Waals surface area contributed by atoms with E-state index in [1.54, 1.807) is 53.2 Å². The van der Waals surface area contributed by atoms with Crippen LogP contribution in [0.3, 0.4) is 0 Å². The quantitative estimate of drug-likeness (QED) is 0.319. The monoisotopic (exact) mass is 477 g/mol. The number of carboxylic acid groups (broad SMARTS) is 1. The van der Waals surface area contributed by atoms with E-state index < -0.39 is 17.8 Å². The van der Waals surface area contributed by atoms with E-state index in [0.717, 1.165) is 0 Å². The fourth-order valence-corrected chi connectivity index (χ4v) is 3.78. The van der Waals surface area contributed by atoms with Crippen molar-refractivity contribution < 1.29 is 29.0 Å². The maximum Gasteiger partial charge on any atom is 0.335 e. The normalized spacial score (nSPS) is 14.8. The highest BCUT2D eigenvalue weighted by Gasteiger charge is 2.36. The van der Waals surface area contributed by atoms with Gasteiger partial charge in [0.15, 0.2) is 5.11 Å². The third-order valence-corrected chi connectivity index (χ3v) is 5.48. The maximum absolute atomic E-state index is 13.4. The van der Waals surface area contributed by atoms with E-state index in [0.29, 0.717) is 28.6 Å². The molecule has 1 fully saturated rings. The molecule has 0 aliphatic carbocycles. The second kappa shape index (κ2) is 9.20. The number of carboxylic acids is 1.